The van der Waals surface area contributed by atoms with Gasteiger partial charge in [0.25, 0.3) is 0 Å². The first-order chi connectivity index (χ1) is 34.2. The first-order valence-corrected chi connectivity index (χ1v) is 23.8. The molecule has 0 aliphatic heterocycles. The maximum atomic E-state index is 2.45. The normalized spacial score (nSPS) is 12.5. The quantitative estimate of drug-likeness (QED) is 0.140. The largest absolute Gasteiger partial charge is 0.310 e. The van der Waals surface area contributed by atoms with E-state index in [1.807, 2.05) is 0 Å². The molecule has 1 aliphatic carbocycles. The fourth-order valence-corrected chi connectivity index (χ4v) is 11.2. The number of hydrogen-bond acceptors (Lipinski definition) is 1. The lowest BCUT2D eigenvalue weighted by Crippen LogP contribution is -2.28. The van der Waals surface area contributed by atoms with Crippen LogP contribution in [-0.4, -0.2) is 4.57 Å². The highest BCUT2D eigenvalue weighted by molar-refractivity contribution is 6.09. The van der Waals surface area contributed by atoms with E-state index >= 15 is 0 Å². The molecule has 0 bridgehead atoms. The van der Waals surface area contributed by atoms with Gasteiger partial charge in [0.2, 0.25) is 0 Å². The minimum Gasteiger partial charge on any atom is -0.310 e. The van der Waals surface area contributed by atoms with Gasteiger partial charge in [0.15, 0.2) is 0 Å². The lowest BCUT2D eigenvalue weighted by atomic mass is 9.67. The van der Waals surface area contributed by atoms with Crippen LogP contribution in [0.5, 0.6) is 0 Å². The van der Waals surface area contributed by atoms with Gasteiger partial charge < -0.3 is 9.47 Å². The van der Waals surface area contributed by atoms with Crippen molar-refractivity contribution in [1.29, 1.82) is 0 Å². The molecule has 11 aromatic carbocycles. The molecule has 1 heterocycles. The Hall–Kier alpha value is -8.98. The highest BCUT2D eigenvalue weighted by atomic mass is 15.1. The Balaban J connectivity index is 0.921. The molecule has 0 amide bonds. The van der Waals surface area contributed by atoms with Crippen molar-refractivity contribution in [3.05, 3.63) is 301 Å². The SMILES string of the molecule is c1ccc(-c2ccc(N(c3ccc(-c4ccccc4-c4ccc(-n5c6ccccc6c6ccccc65)cc4)cc3)c3ccc4c(c3)C(c3ccccc3)(c3ccccc3)c3ccccc3-4)cc2)cc1. The number of fused-ring (bicyclic) bond motifs is 6. The van der Waals surface area contributed by atoms with Crippen molar-refractivity contribution >= 4 is 38.9 Å². The summed E-state index contributed by atoms with van der Waals surface area (Å²) in [6, 6.07) is 102. The molecule has 0 saturated heterocycles. The number of benzene rings is 11. The van der Waals surface area contributed by atoms with Crippen molar-refractivity contribution in [2.75, 3.05) is 4.90 Å². The number of rotatable bonds is 9. The molecule has 1 aliphatic rings. The first kappa shape index (κ1) is 40.3. The van der Waals surface area contributed by atoms with E-state index in [4.69, 9.17) is 0 Å². The van der Waals surface area contributed by atoms with Crippen LogP contribution in [-0.2, 0) is 5.41 Å². The molecule has 0 unspecified atom stereocenters. The van der Waals surface area contributed by atoms with E-state index in [9.17, 15) is 0 Å². The fourth-order valence-electron chi connectivity index (χ4n) is 11.2. The Bertz CT molecular complexity index is 3700. The van der Waals surface area contributed by atoms with Crippen LogP contribution in [0, 0.1) is 0 Å². The lowest BCUT2D eigenvalue weighted by Gasteiger charge is -2.35. The Morgan fingerprint density at radius 1 is 0.275 bits per heavy atom. The van der Waals surface area contributed by atoms with Gasteiger partial charge in [-0.3, -0.25) is 0 Å². The van der Waals surface area contributed by atoms with Crippen LogP contribution in [0.2, 0.25) is 0 Å². The molecule has 0 spiro atoms. The molecule has 324 valence electrons. The van der Waals surface area contributed by atoms with Crippen LogP contribution < -0.4 is 4.90 Å². The summed E-state index contributed by atoms with van der Waals surface area (Å²) in [6.45, 7) is 0. The number of para-hydroxylation sites is 2. The topological polar surface area (TPSA) is 8.17 Å². The predicted octanol–water partition coefficient (Wildman–Crippen LogP) is 17.6. The Labute approximate surface area is 403 Å². The van der Waals surface area contributed by atoms with Crippen molar-refractivity contribution in [2.45, 2.75) is 5.41 Å². The van der Waals surface area contributed by atoms with Crippen molar-refractivity contribution in [3.63, 3.8) is 0 Å². The molecule has 0 radical (unpaired) electrons. The average molecular weight is 879 g/mol. The van der Waals surface area contributed by atoms with Crippen molar-refractivity contribution < 1.29 is 0 Å². The Kier molecular flexibility index (Phi) is 9.77. The molecular weight excluding hydrogens is 833 g/mol. The van der Waals surface area contributed by atoms with Crippen LogP contribution in [0.15, 0.2) is 279 Å². The third-order valence-corrected chi connectivity index (χ3v) is 14.3. The fraction of sp³-hybridized carbons (Fsp3) is 0.0149. The van der Waals surface area contributed by atoms with E-state index in [0.29, 0.717) is 0 Å². The summed E-state index contributed by atoms with van der Waals surface area (Å²) < 4.78 is 2.38. The molecular formula is C67H46N2. The summed E-state index contributed by atoms with van der Waals surface area (Å²) in [5.74, 6) is 0. The third kappa shape index (κ3) is 6.64. The Morgan fingerprint density at radius 2 is 0.681 bits per heavy atom. The minimum atomic E-state index is -0.511. The first-order valence-electron chi connectivity index (χ1n) is 23.8. The maximum absolute atomic E-state index is 2.45. The van der Waals surface area contributed by atoms with Gasteiger partial charge >= 0.3 is 0 Å². The van der Waals surface area contributed by atoms with E-state index < -0.39 is 5.41 Å². The zero-order chi connectivity index (χ0) is 45.7. The standard InChI is InChI=1S/C67H46N2/c1-4-18-47(19-5-1)48-32-38-53(39-33-48)68(56-44-45-60-59-26-12-15-29-63(59)67(64(60)46-56,51-20-6-2-7-21-51)52-22-8-3-9-23-52)54-40-34-49(35-41-54)57-24-10-11-25-58(57)50-36-42-55(43-37-50)69-65-30-16-13-27-61(65)62-28-14-17-31-66(62)69/h1-46H. The van der Waals surface area contributed by atoms with Crippen LogP contribution in [0.25, 0.3) is 72.0 Å². The smallest absolute Gasteiger partial charge is 0.0714 e. The number of aromatic nitrogens is 1. The second-order valence-corrected chi connectivity index (χ2v) is 18.0. The van der Waals surface area contributed by atoms with Crippen molar-refractivity contribution in [1.82, 2.24) is 4.57 Å². The molecule has 0 atom stereocenters. The summed E-state index contributed by atoms with van der Waals surface area (Å²) >= 11 is 0. The van der Waals surface area contributed by atoms with Crippen LogP contribution in [0.4, 0.5) is 17.1 Å². The maximum Gasteiger partial charge on any atom is 0.0714 e. The summed E-state index contributed by atoms with van der Waals surface area (Å²) in [5.41, 5.74) is 21.1. The van der Waals surface area contributed by atoms with Gasteiger partial charge in [0, 0.05) is 33.5 Å². The van der Waals surface area contributed by atoms with Gasteiger partial charge in [-0.25, -0.2) is 0 Å². The second-order valence-electron chi connectivity index (χ2n) is 18.0. The summed E-state index contributed by atoms with van der Waals surface area (Å²) in [5, 5.41) is 2.53. The molecule has 0 fully saturated rings. The zero-order valence-corrected chi connectivity index (χ0v) is 38.0. The van der Waals surface area contributed by atoms with E-state index in [1.165, 1.54) is 83.0 Å². The van der Waals surface area contributed by atoms with Crippen molar-refractivity contribution in [2.24, 2.45) is 0 Å². The van der Waals surface area contributed by atoms with Crippen LogP contribution in [0.1, 0.15) is 22.3 Å². The van der Waals surface area contributed by atoms with Gasteiger partial charge in [0.1, 0.15) is 0 Å². The molecule has 69 heavy (non-hydrogen) atoms. The van der Waals surface area contributed by atoms with E-state index in [1.54, 1.807) is 0 Å². The average Bonchev–Trinajstić information content (AvgIpc) is 3.93. The number of nitrogens with zero attached hydrogens (tertiary/aromatic N) is 2. The van der Waals surface area contributed by atoms with Gasteiger partial charge in [-0.15, -0.1) is 0 Å². The molecule has 0 N–H and O–H groups in total. The summed E-state index contributed by atoms with van der Waals surface area (Å²) in [6.07, 6.45) is 0. The zero-order valence-electron chi connectivity index (χ0n) is 38.0. The number of anilines is 3. The van der Waals surface area contributed by atoms with Crippen LogP contribution >= 0.6 is 0 Å². The summed E-state index contributed by atoms with van der Waals surface area (Å²) in [4.78, 5) is 2.42. The monoisotopic (exact) mass is 878 g/mol. The molecule has 2 nitrogen and oxygen atoms in total. The van der Waals surface area contributed by atoms with Gasteiger partial charge in [-0.2, -0.15) is 0 Å². The highest BCUT2D eigenvalue weighted by Crippen LogP contribution is 2.57. The molecule has 1 aromatic heterocycles. The molecule has 12 aromatic rings. The lowest BCUT2D eigenvalue weighted by molar-refractivity contribution is 0.768. The molecule has 2 heteroatoms. The van der Waals surface area contributed by atoms with Crippen LogP contribution in [0.3, 0.4) is 0 Å². The Morgan fingerprint density at radius 3 is 1.25 bits per heavy atom. The van der Waals surface area contributed by atoms with E-state index in [2.05, 4.69) is 289 Å². The van der Waals surface area contributed by atoms with E-state index in [0.717, 1.165) is 28.3 Å². The van der Waals surface area contributed by atoms with Gasteiger partial charge in [-0.1, -0.05) is 218 Å². The molecule has 0 saturated carbocycles. The predicted molar refractivity (Wildman–Crippen MR) is 289 cm³/mol. The third-order valence-electron chi connectivity index (χ3n) is 14.3. The second kappa shape index (κ2) is 16.7. The minimum absolute atomic E-state index is 0.511. The van der Waals surface area contributed by atoms with Crippen molar-refractivity contribution in [3.8, 4) is 50.2 Å². The van der Waals surface area contributed by atoms with Gasteiger partial charge in [0.05, 0.1) is 16.4 Å². The number of hydrogen-bond donors (Lipinski definition) is 0. The van der Waals surface area contributed by atoms with E-state index in [-0.39, 0.29) is 0 Å². The van der Waals surface area contributed by atoms with Gasteiger partial charge in [-0.05, 0) is 127 Å². The molecule has 13 rings (SSSR count). The summed E-state index contributed by atoms with van der Waals surface area (Å²) in [7, 11) is 0. The highest BCUT2D eigenvalue weighted by Gasteiger charge is 2.46.